The molecule has 3 rings (SSSR count). The molecule has 0 spiro atoms. The largest absolute Gasteiger partial charge is 0.380 e. The number of pyridine rings is 1. The molecule has 1 aliphatic heterocycles. The van der Waals surface area contributed by atoms with Gasteiger partial charge < -0.3 is 10.6 Å². The first-order valence-corrected chi connectivity index (χ1v) is 6.16. The van der Waals surface area contributed by atoms with Crippen molar-refractivity contribution in [3.8, 4) is 0 Å². The van der Waals surface area contributed by atoms with E-state index in [1.807, 2.05) is 12.3 Å². The highest BCUT2D eigenvalue weighted by Gasteiger charge is 2.16. The Kier molecular flexibility index (Phi) is 2.69. The molecular formula is C14H17N3. The minimum Gasteiger partial charge on any atom is -0.380 e. The maximum absolute atomic E-state index is 4.40. The Bertz CT molecular complexity index is 530. The summed E-state index contributed by atoms with van der Waals surface area (Å²) in [5.41, 5.74) is 3.59. The molecule has 2 heterocycles. The summed E-state index contributed by atoms with van der Waals surface area (Å²) in [5.74, 6) is 0. The summed E-state index contributed by atoms with van der Waals surface area (Å²) < 4.78 is 0. The van der Waals surface area contributed by atoms with Crippen LogP contribution in [0.2, 0.25) is 0 Å². The molecule has 17 heavy (non-hydrogen) atoms. The molecule has 0 radical (unpaired) electrons. The zero-order valence-corrected chi connectivity index (χ0v) is 10.0. The summed E-state index contributed by atoms with van der Waals surface area (Å²) in [6, 6.07) is 8.90. The first-order valence-electron chi connectivity index (χ1n) is 6.16. The van der Waals surface area contributed by atoms with E-state index in [-0.39, 0.29) is 0 Å². The van der Waals surface area contributed by atoms with E-state index in [0.29, 0.717) is 6.04 Å². The number of nitrogens with one attached hydrogen (secondary N) is 2. The average Bonchev–Trinajstić information content (AvgIpc) is 2.86. The standard InChI is InChI=1S/C14H17N3/c1-10-4-5-13-12(3-2-7-16-13)14(10)17-11-6-8-15-9-11/h2-5,7,11,15,17H,6,8-9H2,1H3/t11-/m1/s1. The van der Waals surface area contributed by atoms with Crippen molar-refractivity contribution in [3.63, 3.8) is 0 Å². The van der Waals surface area contributed by atoms with Gasteiger partial charge in [-0.2, -0.15) is 0 Å². The predicted molar refractivity (Wildman–Crippen MR) is 71.4 cm³/mol. The quantitative estimate of drug-likeness (QED) is 0.826. The van der Waals surface area contributed by atoms with Crippen LogP contribution in [-0.4, -0.2) is 24.1 Å². The van der Waals surface area contributed by atoms with Crippen molar-refractivity contribution in [2.45, 2.75) is 19.4 Å². The van der Waals surface area contributed by atoms with Crippen LogP contribution in [0.15, 0.2) is 30.5 Å². The first kappa shape index (κ1) is 10.5. The second kappa shape index (κ2) is 4.34. The summed E-state index contributed by atoms with van der Waals surface area (Å²) in [4.78, 5) is 4.40. The van der Waals surface area contributed by atoms with Crippen molar-refractivity contribution in [1.82, 2.24) is 10.3 Å². The average molecular weight is 227 g/mol. The molecule has 1 saturated heterocycles. The van der Waals surface area contributed by atoms with Crippen LogP contribution in [0.25, 0.3) is 10.9 Å². The number of nitrogens with zero attached hydrogens (tertiary/aromatic N) is 1. The minimum atomic E-state index is 0.541. The Morgan fingerprint density at radius 3 is 3.12 bits per heavy atom. The zero-order chi connectivity index (χ0) is 11.7. The lowest BCUT2D eigenvalue weighted by Gasteiger charge is -2.17. The number of hydrogen-bond donors (Lipinski definition) is 2. The number of rotatable bonds is 2. The third-order valence-corrected chi connectivity index (χ3v) is 3.40. The van der Waals surface area contributed by atoms with E-state index in [2.05, 4.69) is 40.7 Å². The van der Waals surface area contributed by atoms with Gasteiger partial charge in [-0.25, -0.2) is 0 Å². The summed E-state index contributed by atoms with van der Waals surface area (Å²) in [7, 11) is 0. The molecule has 0 amide bonds. The monoisotopic (exact) mass is 227 g/mol. The van der Waals surface area contributed by atoms with Gasteiger partial charge in [-0.1, -0.05) is 6.07 Å². The second-order valence-electron chi connectivity index (χ2n) is 4.66. The van der Waals surface area contributed by atoms with Crippen LogP contribution in [0, 0.1) is 6.92 Å². The molecule has 2 N–H and O–H groups in total. The lowest BCUT2D eigenvalue weighted by Crippen LogP contribution is -2.22. The van der Waals surface area contributed by atoms with Gasteiger partial charge in [0.25, 0.3) is 0 Å². The number of fused-ring (bicyclic) bond motifs is 1. The molecule has 0 saturated carbocycles. The van der Waals surface area contributed by atoms with E-state index >= 15 is 0 Å². The van der Waals surface area contributed by atoms with Gasteiger partial charge >= 0.3 is 0 Å². The van der Waals surface area contributed by atoms with Gasteiger partial charge in [-0.15, -0.1) is 0 Å². The number of aryl methyl sites for hydroxylation is 1. The normalized spacial score (nSPS) is 19.7. The van der Waals surface area contributed by atoms with Crippen molar-refractivity contribution in [2.24, 2.45) is 0 Å². The zero-order valence-electron chi connectivity index (χ0n) is 10.0. The van der Waals surface area contributed by atoms with Gasteiger partial charge in [0.05, 0.1) is 5.52 Å². The Hall–Kier alpha value is -1.61. The smallest absolute Gasteiger partial charge is 0.0722 e. The van der Waals surface area contributed by atoms with E-state index < -0.39 is 0 Å². The Morgan fingerprint density at radius 2 is 2.29 bits per heavy atom. The molecule has 2 aromatic rings. The fraction of sp³-hybridized carbons (Fsp3) is 0.357. The Morgan fingerprint density at radius 1 is 1.35 bits per heavy atom. The first-order chi connectivity index (χ1) is 8.34. The molecule has 3 nitrogen and oxygen atoms in total. The lowest BCUT2D eigenvalue weighted by atomic mass is 10.1. The van der Waals surface area contributed by atoms with Crippen LogP contribution in [0.4, 0.5) is 5.69 Å². The summed E-state index contributed by atoms with van der Waals surface area (Å²) >= 11 is 0. The van der Waals surface area contributed by atoms with Crippen LogP contribution in [0.3, 0.4) is 0 Å². The fourth-order valence-electron chi connectivity index (χ4n) is 2.43. The number of hydrogen-bond acceptors (Lipinski definition) is 3. The van der Waals surface area contributed by atoms with Crippen molar-refractivity contribution >= 4 is 16.6 Å². The van der Waals surface area contributed by atoms with Gasteiger partial charge in [0, 0.05) is 29.9 Å². The molecule has 1 aromatic carbocycles. The van der Waals surface area contributed by atoms with Crippen molar-refractivity contribution in [1.29, 1.82) is 0 Å². The minimum absolute atomic E-state index is 0.541. The van der Waals surface area contributed by atoms with Crippen LogP contribution in [0.1, 0.15) is 12.0 Å². The van der Waals surface area contributed by atoms with Crippen molar-refractivity contribution in [3.05, 3.63) is 36.0 Å². The molecule has 88 valence electrons. The van der Waals surface area contributed by atoms with Crippen LogP contribution >= 0.6 is 0 Å². The van der Waals surface area contributed by atoms with Gasteiger partial charge in [-0.05, 0) is 43.7 Å². The molecule has 0 aliphatic carbocycles. The molecule has 1 atom stereocenters. The topological polar surface area (TPSA) is 37.0 Å². The van der Waals surface area contributed by atoms with E-state index in [1.165, 1.54) is 23.1 Å². The van der Waals surface area contributed by atoms with Gasteiger partial charge in [0.15, 0.2) is 0 Å². The maximum Gasteiger partial charge on any atom is 0.0722 e. The summed E-state index contributed by atoms with van der Waals surface area (Å²) in [6.45, 7) is 4.31. The number of anilines is 1. The van der Waals surface area contributed by atoms with Crippen molar-refractivity contribution in [2.75, 3.05) is 18.4 Å². The summed E-state index contributed by atoms with van der Waals surface area (Å²) in [6.07, 6.45) is 3.04. The van der Waals surface area contributed by atoms with Crippen LogP contribution in [0.5, 0.6) is 0 Å². The Labute approximate surface area is 101 Å². The van der Waals surface area contributed by atoms with E-state index in [1.54, 1.807) is 0 Å². The lowest BCUT2D eigenvalue weighted by molar-refractivity contribution is 0.793. The van der Waals surface area contributed by atoms with E-state index in [4.69, 9.17) is 0 Å². The fourth-order valence-corrected chi connectivity index (χ4v) is 2.43. The molecule has 1 fully saturated rings. The van der Waals surface area contributed by atoms with Crippen LogP contribution < -0.4 is 10.6 Å². The van der Waals surface area contributed by atoms with E-state index in [9.17, 15) is 0 Å². The van der Waals surface area contributed by atoms with Gasteiger partial charge in [0.1, 0.15) is 0 Å². The maximum atomic E-state index is 4.40. The molecule has 1 aromatic heterocycles. The summed E-state index contributed by atoms with van der Waals surface area (Å²) in [5, 5.41) is 8.25. The number of benzene rings is 1. The highest BCUT2D eigenvalue weighted by Crippen LogP contribution is 2.27. The molecule has 1 aliphatic rings. The second-order valence-corrected chi connectivity index (χ2v) is 4.66. The number of aromatic nitrogens is 1. The van der Waals surface area contributed by atoms with Crippen LogP contribution in [-0.2, 0) is 0 Å². The highest BCUT2D eigenvalue weighted by atomic mass is 15.0. The van der Waals surface area contributed by atoms with Gasteiger partial charge in [0.2, 0.25) is 0 Å². The molecule has 3 heteroatoms. The third-order valence-electron chi connectivity index (χ3n) is 3.40. The Balaban J connectivity index is 2.03. The van der Waals surface area contributed by atoms with E-state index in [0.717, 1.165) is 18.6 Å². The molecular weight excluding hydrogens is 210 g/mol. The predicted octanol–water partition coefficient (Wildman–Crippen LogP) is 2.32. The van der Waals surface area contributed by atoms with Crippen molar-refractivity contribution < 1.29 is 0 Å². The molecule has 0 unspecified atom stereocenters. The SMILES string of the molecule is Cc1ccc2ncccc2c1N[C@@H]1CCNC1. The highest BCUT2D eigenvalue weighted by molar-refractivity contribution is 5.93. The third kappa shape index (κ3) is 1.98. The van der Waals surface area contributed by atoms with Gasteiger partial charge in [-0.3, -0.25) is 4.98 Å². The molecule has 0 bridgehead atoms.